The summed E-state index contributed by atoms with van der Waals surface area (Å²) in [4.78, 5) is 25.4. The minimum atomic E-state index is -0.309. The van der Waals surface area contributed by atoms with Gasteiger partial charge in [0.15, 0.2) is 0 Å². The molecule has 2 amide bonds. The minimum Gasteiger partial charge on any atom is -0.497 e. The van der Waals surface area contributed by atoms with Gasteiger partial charge in [0.2, 0.25) is 5.91 Å². The Labute approximate surface area is 191 Å². The highest BCUT2D eigenvalue weighted by Crippen LogP contribution is 2.25. The Morgan fingerprint density at radius 1 is 0.875 bits per heavy atom. The van der Waals surface area contributed by atoms with E-state index in [-0.39, 0.29) is 18.2 Å². The summed E-state index contributed by atoms with van der Waals surface area (Å²) in [6.45, 7) is 0. The van der Waals surface area contributed by atoms with Crippen LogP contribution in [0.4, 0.5) is 11.4 Å². The second kappa shape index (κ2) is 9.54. The van der Waals surface area contributed by atoms with Gasteiger partial charge in [-0.05, 0) is 58.8 Å². The lowest BCUT2D eigenvalue weighted by Crippen LogP contribution is -2.16. The first kappa shape index (κ1) is 21.4. The van der Waals surface area contributed by atoms with E-state index < -0.39 is 0 Å². The third kappa shape index (κ3) is 4.90. The molecule has 0 spiro atoms. The maximum atomic E-state index is 12.7. The fourth-order valence-corrected chi connectivity index (χ4v) is 3.62. The van der Waals surface area contributed by atoms with Gasteiger partial charge in [-0.2, -0.15) is 0 Å². The lowest BCUT2D eigenvalue weighted by molar-refractivity contribution is -0.115. The predicted octanol–water partition coefficient (Wildman–Crippen LogP) is 5.94. The molecule has 0 bridgehead atoms. The number of benzene rings is 4. The molecule has 5 nitrogen and oxygen atoms in total. The van der Waals surface area contributed by atoms with E-state index in [2.05, 4.69) is 10.6 Å². The monoisotopic (exact) mass is 444 g/mol. The van der Waals surface area contributed by atoms with E-state index in [1.807, 2.05) is 42.5 Å². The quantitative estimate of drug-likeness (QED) is 0.387. The third-order valence-electron chi connectivity index (χ3n) is 5.08. The first-order valence-electron chi connectivity index (χ1n) is 10.0. The highest BCUT2D eigenvalue weighted by Gasteiger charge is 2.13. The van der Waals surface area contributed by atoms with E-state index in [1.165, 1.54) is 0 Å². The first-order valence-corrected chi connectivity index (χ1v) is 10.4. The van der Waals surface area contributed by atoms with Crippen LogP contribution in [-0.2, 0) is 11.2 Å². The summed E-state index contributed by atoms with van der Waals surface area (Å²) >= 11 is 6.28. The number of carbonyl (C=O) groups excluding carboxylic acids is 2. The number of methoxy groups -OCH3 is 1. The molecular formula is C26H21ClN2O3. The van der Waals surface area contributed by atoms with E-state index in [0.717, 1.165) is 16.3 Å². The Morgan fingerprint density at radius 2 is 1.62 bits per heavy atom. The smallest absolute Gasteiger partial charge is 0.255 e. The van der Waals surface area contributed by atoms with E-state index in [0.29, 0.717) is 27.7 Å². The van der Waals surface area contributed by atoms with Gasteiger partial charge in [0.05, 0.1) is 24.2 Å². The Bertz CT molecular complexity index is 1280. The molecule has 0 unspecified atom stereocenters. The van der Waals surface area contributed by atoms with Crippen LogP contribution in [0, 0.1) is 0 Å². The molecule has 32 heavy (non-hydrogen) atoms. The van der Waals surface area contributed by atoms with E-state index in [4.69, 9.17) is 16.3 Å². The molecule has 160 valence electrons. The van der Waals surface area contributed by atoms with Gasteiger partial charge >= 0.3 is 0 Å². The van der Waals surface area contributed by atoms with Gasteiger partial charge < -0.3 is 15.4 Å². The minimum absolute atomic E-state index is 0.194. The number of amides is 2. The van der Waals surface area contributed by atoms with Gasteiger partial charge in [-0.1, -0.05) is 54.1 Å². The topological polar surface area (TPSA) is 67.4 Å². The summed E-state index contributed by atoms with van der Waals surface area (Å²) in [5.41, 5.74) is 2.32. The third-order valence-corrected chi connectivity index (χ3v) is 5.41. The average Bonchev–Trinajstić information content (AvgIpc) is 2.81. The maximum Gasteiger partial charge on any atom is 0.255 e. The van der Waals surface area contributed by atoms with Gasteiger partial charge in [-0.15, -0.1) is 0 Å². The van der Waals surface area contributed by atoms with Crippen LogP contribution in [0.5, 0.6) is 5.75 Å². The summed E-state index contributed by atoms with van der Waals surface area (Å²) in [5, 5.41) is 8.12. The zero-order valence-electron chi connectivity index (χ0n) is 17.4. The van der Waals surface area contributed by atoms with E-state index in [9.17, 15) is 9.59 Å². The van der Waals surface area contributed by atoms with Crippen LogP contribution < -0.4 is 15.4 Å². The van der Waals surface area contributed by atoms with Crippen molar-refractivity contribution in [3.05, 3.63) is 101 Å². The lowest BCUT2D eigenvalue weighted by atomic mass is 10.0. The number of rotatable bonds is 6. The van der Waals surface area contributed by atoms with Crippen molar-refractivity contribution in [2.45, 2.75) is 6.42 Å². The lowest BCUT2D eigenvalue weighted by Gasteiger charge is -2.11. The van der Waals surface area contributed by atoms with Crippen molar-refractivity contribution in [1.82, 2.24) is 0 Å². The number of hydrogen-bond acceptors (Lipinski definition) is 3. The summed E-state index contributed by atoms with van der Waals surface area (Å²) in [5.74, 6) is 0.179. The molecule has 0 aliphatic carbocycles. The molecule has 0 aliphatic rings. The maximum absolute atomic E-state index is 12.7. The first-order chi connectivity index (χ1) is 15.5. The number of nitrogens with one attached hydrogen (secondary N) is 2. The van der Waals surface area contributed by atoms with Crippen molar-refractivity contribution in [3.63, 3.8) is 0 Å². The molecular weight excluding hydrogens is 424 g/mol. The number of carbonyl (C=O) groups is 2. The number of ether oxygens (including phenoxy) is 1. The molecule has 4 aromatic rings. The Balaban J connectivity index is 1.48. The van der Waals surface area contributed by atoms with Crippen molar-refractivity contribution in [2.75, 3.05) is 17.7 Å². The van der Waals surface area contributed by atoms with Crippen LogP contribution in [-0.4, -0.2) is 18.9 Å². The van der Waals surface area contributed by atoms with E-state index in [1.54, 1.807) is 49.6 Å². The zero-order chi connectivity index (χ0) is 22.5. The SMILES string of the molecule is COc1ccc(NC(=O)c2ccc(Cl)c(NC(=O)Cc3cccc4ccccc34)c2)cc1. The predicted molar refractivity (Wildman–Crippen MR) is 129 cm³/mol. The highest BCUT2D eigenvalue weighted by molar-refractivity contribution is 6.34. The van der Waals surface area contributed by atoms with Gasteiger partial charge in [-0.3, -0.25) is 9.59 Å². The summed E-state index contributed by atoms with van der Waals surface area (Å²) in [7, 11) is 1.58. The standard InChI is InChI=1S/C26H21ClN2O3/c1-32-21-12-10-20(11-13-21)28-26(31)19-9-14-23(27)24(15-19)29-25(30)16-18-7-4-6-17-5-2-3-8-22(17)18/h2-15H,16H2,1H3,(H,28,31)(H,29,30). The largest absolute Gasteiger partial charge is 0.497 e. The highest BCUT2D eigenvalue weighted by atomic mass is 35.5. The Kier molecular flexibility index (Phi) is 6.38. The van der Waals surface area contributed by atoms with Crippen molar-refractivity contribution in [1.29, 1.82) is 0 Å². The Hall–Kier alpha value is -3.83. The van der Waals surface area contributed by atoms with Crippen molar-refractivity contribution < 1.29 is 14.3 Å². The van der Waals surface area contributed by atoms with Crippen LogP contribution in [0.25, 0.3) is 10.8 Å². The molecule has 0 atom stereocenters. The molecule has 6 heteroatoms. The molecule has 0 radical (unpaired) electrons. The Morgan fingerprint density at radius 3 is 2.41 bits per heavy atom. The van der Waals surface area contributed by atoms with Crippen LogP contribution in [0.1, 0.15) is 15.9 Å². The normalized spacial score (nSPS) is 10.6. The van der Waals surface area contributed by atoms with Crippen LogP contribution >= 0.6 is 11.6 Å². The summed E-state index contributed by atoms with van der Waals surface area (Å²) in [6.07, 6.45) is 0.194. The number of halogens is 1. The molecule has 4 rings (SSSR count). The summed E-state index contributed by atoms with van der Waals surface area (Å²) < 4.78 is 5.12. The van der Waals surface area contributed by atoms with Crippen molar-refractivity contribution in [3.8, 4) is 5.75 Å². The van der Waals surface area contributed by atoms with Crippen LogP contribution in [0.2, 0.25) is 5.02 Å². The molecule has 2 N–H and O–H groups in total. The number of fused-ring (bicyclic) bond motifs is 1. The zero-order valence-corrected chi connectivity index (χ0v) is 18.1. The van der Waals surface area contributed by atoms with Gasteiger partial charge in [0, 0.05) is 11.3 Å². The molecule has 0 heterocycles. The van der Waals surface area contributed by atoms with Crippen molar-refractivity contribution in [2.24, 2.45) is 0 Å². The summed E-state index contributed by atoms with van der Waals surface area (Å²) in [6, 6.07) is 25.6. The molecule has 4 aromatic carbocycles. The van der Waals surface area contributed by atoms with E-state index >= 15 is 0 Å². The van der Waals surface area contributed by atoms with Gasteiger partial charge in [0.25, 0.3) is 5.91 Å². The second-order valence-electron chi connectivity index (χ2n) is 7.24. The molecule has 0 aromatic heterocycles. The van der Waals surface area contributed by atoms with Gasteiger partial charge in [0.1, 0.15) is 5.75 Å². The average molecular weight is 445 g/mol. The fraction of sp³-hybridized carbons (Fsp3) is 0.0769. The molecule has 0 saturated carbocycles. The van der Waals surface area contributed by atoms with Crippen LogP contribution in [0.3, 0.4) is 0 Å². The molecule has 0 fully saturated rings. The second-order valence-corrected chi connectivity index (χ2v) is 7.65. The number of hydrogen-bond donors (Lipinski definition) is 2. The number of anilines is 2. The van der Waals surface area contributed by atoms with Crippen LogP contribution in [0.15, 0.2) is 84.9 Å². The van der Waals surface area contributed by atoms with Gasteiger partial charge in [-0.25, -0.2) is 0 Å². The molecule has 0 aliphatic heterocycles. The molecule has 0 saturated heterocycles. The fourth-order valence-electron chi connectivity index (χ4n) is 3.45. The van der Waals surface area contributed by atoms with Crippen molar-refractivity contribution >= 4 is 45.6 Å².